The quantitative estimate of drug-likeness (QED) is 0.813. The van der Waals surface area contributed by atoms with E-state index in [0.29, 0.717) is 18.9 Å². The number of aromatic nitrogens is 2. The van der Waals surface area contributed by atoms with Crippen LogP contribution in [0.4, 0.5) is 5.95 Å². The number of nitrogens with zero attached hydrogens (tertiary/aromatic N) is 3. The zero-order chi connectivity index (χ0) is 9.97. The molecule has 2 rings (SSSR count). The summed E-state index contributed by atoms with van der Waals surface area (Å²) in [5, 5.41) is 8.81. The van der Waals surface area contributed by atoms with Gasteiger partial charge in [0.05, 0.1) is 5.92 Å². The lowest BCUT2D eigenvalue weighted by Crippen LogP contribution is -2.24. The molecule has 2 heterocycles. The molecule has 1 aliphatic heterocycles. The predicted octanol–water partition coefficient (Wildman–Crippen LogP) is 0.809. The highest BCUT2D eigenvalue weighted by molar-refractivity contribution is 5.85. The van der Waals surface area contributed by atoms with E-state index in [4.69, 9.17) is 5.11 Å². The van der Waals surface area contributed by atoms with Gasteiger partial charge in [0, 0.05) is 25.5 Å². The normalized spacial score (nSPS) is 19.7. The fraction of sp³-hybridized carbons (Fsp3) is 0.444. The second kappa shape index (κ2) is 4.93. The van der Waals surface area contributed by atoms with Crippen LogP contribution in [0.25, 0.3) is 0 Å². The Hall–Kier alpha value is -1.36. The van der Waals surface area contributed by atoms with Crippen LogP contribution in [0.1, 0.15) is 6.42 Å². The maximum absolute atomic E-state index is 10.7. The summed E-state index contributed by atoms with van der Waals surface area (Å²) < 4.78 is 0. The van der Waals surface area contributed by atoms with Crippen molar-refractivity contribution >= 4 is 24.3 Å². The van der Waals surface area contributed by atoms with E-state index in [0.717, 1.165) is 6.54 Å². The van der Waals surface area contributed by atoms with Crippen LogP contribution in [0.3, 0.4) is 0 Å². The SMILES string of the molecule is Cl.O=C(O)C1CCN(c2ncccn2)C1. The van der Waals surface area contributed by atoms with Gasteiger partial charge in [0.1, 0.15) is 0 Å². The van der Waals surface area contributed by atoms with Crippen LogP contribution in [-0.4, -0.2) is 34.1 Å². The third-order valence-electron chi connectivity index (χ3n) is 2.37. The van der Waals surface area contributed by atoms with E-state index in [9.17, 15) is 4.79 Å². The van der Waals surface area contributed by atoms with Crippen molar-refractivity contribution in [3.05, 3.63) is 18.5 Å². The maximum atomic E-state index is 10.7. The average molecular weight is 230 g/mol. The van der Waals surface area contributed by atoms with Gasteiger partial charge >= 0.3 is 5.97 Å². The van der Waals surface area contributed by atoms with Gasteiger partial charge in [0.2, 0.25) is 5.95 Å². The molecule has 0 radical (unpaired) electrons. The van der Waals surface area contributed by atoms with Gasteiger partial charge in [-0.15, -0.1) is 12.4 Å². The number of halogens is 1. The minimum atomic E-state index is -0.733. The number of hydrogen-bond acceptors (Lipinski definition) is 4. The fourth-order valence-electron chi connectivity index (χ4n) is 1.60. The summed E-state index contributed by atoms with van der Waals surface area (Å²) in [6.45, 7) is 1.24. The molecular weight excluding hydrogens is 218 g/mol. The van der Waals surface area contributed by atoms with E-state index < -0.39 is 5.97 Å². The number of carboxylic acid groups (broad SMARTS) is 1. The highest BCUT2D eigenvalue weighted by atomic mass is 35.5. The van der Waals surface area contributed by atoms with E-state index in [1.807, 2.05) is 4.90 Å². The summed E-state index contributed by atoms with van der Waals surface area (Å²) in [6.07, 6.45) is 4.00. The molecule has 1 N–H and O–H groups in total. The number of hydrogen-bond donors (Lipinski definition) is 1. The highest BCUT2D eigenvalue weighted by Crippen LogP contribution is 2.19. The molecule has 1 saturated heterocycles. The number of rotatable bonds is 2. The molecule has 0 bridgehead atoms. The third-order valence-corrected chi connectivity index (χ3v) is 2.37. The van der Waals surface area contributed by atoms with Crippen molar-refractivity contribution in [1.29, 1.82) is 0 Å². The Labute approximate surface area is 93.6 Å². The summed E-state index contributed by atoms with van der Waals surface area (Å²) in [5.41, 5.74) is 0. The van der Waals surface area contributed by atoms with Crippen molar-refractivity contribution in [1.82, 2.24) is 9.97 Å². The van der Waals surface area contributed by atoms with Crippen LogP contribution < -0.4 is 4.90 Å². The molecule has 0 aliphatic carbocycles. The molecule has 1 fully saturated rings. The van der Waals surface area contributed by atoms with E-state index >= 15 is 0 Å². The molecule has 15 heavy (non-hydrogen) atoms. The molecular formula is C9H12ClN3O2. The smallest absolute Gasteiger partial charge is 0.308 e. The average Bonchev–Trinajstić information content (AvgIpc) is 2.68. The summed E-state index contributed by atoms with van der Waals surface area (Å²) in [5.74, 6) is -0.390. The number of carboxylic acids is 1. The lowest BCUT2D eigenvalue weighted by Gasteiger charge is -2.14. The lowest BCUT2D eigenvalue weighted by molar-refractivity contribution is -0.140. The number of aliphatic carboxylic acids is 1. The Morgan fingerprint density at radius 3 is 2.67 bits per heavy atom. The van der Waals surface area contributed by atoms with E-state index in [1.165, 1.54) is 0 Å². The molecule has 1 atom stereocenters. The van der Waals surface area contributed by atoms with Gasteiger partial charge in [-0.05, 0) is 12.5 Å². The minimum Gasteiger partial charge on any atom is -0.481 e. The van der Waals surface area contributed by atoms with Gasteiger partial charge in [-0.3, -0.25) is 4.79 Å². The second-order valence-electron chi connectivity index (χ2n) is 3.32. The molecule has 0 amide bonds. The van der Waals surface area contributed by atoms with E-state index in [-0.39, 0.29) is 18.3 Å². The summed E-state index contributed by atoms with van der Waals surface area (Å²) >= 11 is 0. The van der Waals surface area contributed by atoms with E-state index in [1.54, 1.807) is 18.5 Å². The predicted molar refractivity (Wildman–Crippen MR) is 57.2 cm³/mol. The Bertz CT molecular complexity index is 333. The highest BCUT2D eigenvalue weighted by Gasteiger charge is 2.28. The first-order valence-corrected chi connectivity index (χ1v) is 4.52. The van der Waals surface area contributed by atoms with Crippen LogP contribution >= 0.6 is 12.4 Å². The topological polar surface area (TPSA) is 66.3 Å². The standard InChI is InChI=1S/C9H11N3O2.ClH/c13-8(14)7-2-5-12(6-7)9-10-3-1-4-11-9;/h1,3-4,7H,2,5-6H2,(H,13,14);1H. The molecule has 0 aromatic carbocycles. The largest absolute Gasteiger partial charge is 0.481 e. The number of anilines is 1. The number of carbonyl (C=O) groups is 1. The maximum Gasteiger partial charge on any atom is 0.308 e. The fourth-order valence-corrected chi connectivity index (χ4v) is 1.60. The Morgan fingerprint density at radius 1 is 1.47 bits per heavy atom. The van der Waals surface area contributed by atoms with Crippen LogP contribution in [-0.2, 0) is 4.79 Å². The lowest BCUT2D eigenvalue weighted by atomic mass is 10.1. The van der Waals surface area contributed by atoms with Gasteiger partial charge in [-0.1, -0.05) is 0 Å². The molecule has 82 valence electrons. The minimum absolute atomic E-state index is 0. The van der Waals surface area contributed by atoms with Crippen molar-refractivity contribution in [2.45, 2.75) is 6.42 Å². The summed E-state index contributed by atoms with van der Waals surface area (Å²) in [7, 11) is 0. The zero-order valence-corrected chi connectivity index (χ0v) is 8.85. The summed E-state index contributed by atoms with van der Waals surface area (Å²) in [6, 6.07) is 1.74. The first-order valence-electron chi connectivity index (χ1n) is 4.52. The molecule has 0 saturated carbocycles. The second-order valence-corrected chi connectivity index (χ2v) is 3.32. The third kappa shape index (κ3) is 2.56. The molecule has 1 aromatic heterocycles. The van der Waals surface area contributed by atoms with Crippen molar-refractivity contribution < 1.29 is 9.90 Å². The monoisotopic (exact) mass is 229 g/mol. The molecule has 0 spiro atoms. The van der Waals surface area contributed by atoms with Crippen LogP contribution in [0.2, 0.25) is 0 Å². The first-order chi connectivity index (χ1) is 6.77. The van der Waals surface area contributed by atoms with Crippen molar-refractivity contribution in [2.75, 3.05) is 18.0 Å². The van der Waals surface area contributed by atoms with Gasteiger partial charge in [0.15, 0.2) is 0 Å². The van der Waals surface area contributed by atoms with Crippen molar-refractivity contribution in [2.24, 2.45) is 5.92 Å². The van der Waals surface area contributed by atoms with Crippen LogP contribution in [0, 0.1) is 5.92 Å². The molecule has 6 heteroatoms. The van der Waals surface area contributed by atoms with Crippen molar-refractivity contribution in [3.63, 3.8) is 0 Å². The molecule has 1 aliphatic rings. The van der Waals surface area contributed by atoms with Crippen LogP contribution in [0.5, 0.6) is 0 Å². The molecule has 1 unspecified atom stereocenters. The van der Waals surface area contributed by atoms with Crippen molar-refractivity contribution in [3.8, 4) is 0 Å². The van der Waals surface area contributed by atoms with Gasteiger partial charge < -0.3 is 10.0 Å². The van der Waals surface area contributed by atoms with Gasteiger partial charge in [0.25, 0.3) is 0 Å². The first kappa shape index (κ1) is 11.7. The molecule has 5 nitrogen and oxygen atoms in total. The van der Waals surface area contributed by atoms with Crippen LogP contribution in [0.15, 0.2) is 18.5 Å². The Kier molecular flexibility index (Phi) is 3.85. The Balaban J connectivity index is 0.00000112. The summed E-state index contributed by atoms with van der Waals surface area (Å²) in [4.78, 5) is 20.8. The zero-order valence-electron chi connectivity index (χ0n) is 8.04. The van der Waals surface area contributed by atoms with Gasteiger partial charge in [-0.2, -0.15) is 0 Å². The Morgan fingerprint density at radius 2 is 2.13 bits per heavy atom. The van der Waals surface area contributed by atoms with Gasteiger partial charge in [-0.25, -0.2) is 9.97 Å². The van der Waals surface area contributed by atoms with E-state index in [2.05, 4.69) is 9.97 Å². The molecule has 1 aromatic rings.